The average molecular weight is 374 g/mol. The lowest BCUT2D eigenvalue weighted by Gasteiger charge is -2.33. The highest BCUT2D eigenvalue weighted by Crippen LogP contribution is 2.35. The van der Waals surface area contributed by atoms with Crippen LogP contribution in [0.15, 0.2) is 34.6 Å². The van der Waals surface area contributed by atoms with E-state index in [-0.39, 0.29) is 5.43 Å². The molecule has 144 valence electrons. The van der Waals surface area contributed by atoms with E-state index >= 15 is 0 Å². The number of anilines is 1. The molecule has 1 aromatic carbocycles. The van der Waals surface area contributed by atoms with Crippen molar-refractivity contribution in [3.05, 3.63) is 62.3 Å². The minimum atomic E-state index is 0.0396. The fourth-order valence-electron chi connectivity index (χ4n) is 4.31. The number of pyridine rings is 1. The Labute approximate surface area is 165 Å². The van der Waals surface area contributed by atoms with E-state index in [9.17, 15) is 4.79 Å². The molecule has 1 aromatic heterocycles. The summed E-state index contributed by atoms with van der Waals surface area (Å²) < 4.78 is 2.06. The van der Waals surface area contributed by atoms with Crippen LogP contribution in [-0.2, 0) is 7.05 Å². The van der Waals surface area contributed by atoms with Crippen LogP contribution in [0.1, 0.15) is 49.3 Å². The second-order valence-corrected chi connectivity index (χ2v) is 7.78. The summed E-state index contributed by atoms with van der Waals surface area (Å²) in [5.74, 6) is 1.67. The highest BCUT2D eigenvalue weighted by molar-refractivity contribution is 6.12. The number of aryl methyl sites for hydroxylation is 2. The minimum absolute atomic E-state index is 0.0396. The molecule has 0 unspecified atom stereocenters. The summed E-state index contributed by atoms with van der Waals surface area (Å²) in [5, 5.41) is 1.76. The predicted molar refractivity (Wildman–Crippen MR) is 119 cm³/mol. The van der Waals surface area contributed by atoms with E-state index in [1.165, 1.54) is 11.1 Å². The Kier molecular flexibility index (Phi) is 4.58. The summed E-state index contributed by atoms with van der Waals surface area (Å²) >= 11 is 0. The number of aliphatic imine (C=N–C) groups is 1. The van der Waals surface area contributed by atoms with Gasteiger partial charge in [-0.15, -0.1) is 0 Å². The van der Waals surface area contributed by atoms with Crippen molar-refractivity contribution in [2.75, 3.05) is 4.90 Å². The number of hydrogen-bond acceptors (Lipinski definition) is 3. The third-order valence-electron chi connectivity index (χ3n) is 5.49. The Morgan fingerprint density at radius 1 is 1.11 bits per heavy atom. The van der Waals surface area contributed by atoms with Crippen molar-refractivity contribution >= 4 is 35.2 Å². The molecule has 28 heavy (non-hydrogen) atoms. The zero-order valence-electron chi connectivity index (χ0n) is 17.2. The van der Waals surface area contributed by atoms with Gasteiger partial charge in [-0.25, -0.2) is 4.99 Å². The van der Waals surface area contributed by atoms with E-state index in [1.54, 1.807) is 0 Å². The van der Waals surface area contributed by atoms with Crippen LogP contribution in [0, 0.1) is 13.8 Å². The number of hydrogen-bond donors (Lipinski definition) is 0. The van der Waals surface area contributed by atoms with Crippen molar-refractivity contribution in [3.8, 4) is 0 Å². The van der Waals surface area contributed by atoms with Gasteiger partial charge in [0.05, 0.1) is 11.3 Å². The van der Waals surface area contributed by atoms with Crippen molar-refractivity contribution in [2.24, 2.45) is 12.0 Å². The second-order valence-electron chi connectivity index (χ2n) is 7.78. The smallest absolute Gasteiger partial charge is 0.200 e. The molecule has 0 atom stereocenters. The fraction of sp³-hybridized carbons (Fsp3) is 0.333. The van der Waals surface area contributed by atoms with Crippen LogP contribution in [-0.4, -0.2) is 10.4 Å². The van der Waals surface area contributed by atoms with E-state index in [1.807, 2.05) is 7.05 Å². The lowest BCUT2D eigenvalue weighted by Crippen LogP contribution is -2.49. The molecule has 0 saturated carbocycles. The summed E-state index contributed by atoms with van der Waals surface area (Å²) in [6, 6.07) is 6.43. The van der Waals surface area contributed by atoms with Gasteiger partial charge in [-0.2, -0.15) is 0 Å². The van der Waals surface area contributed by atoms with E-state index in [2.05, 4.69) is 67.2 Å². The van der Waals surface area contributed by atoms with Crippen molar-refractivity contribution < 1.29 is 0 Å². The number of nitrogens with zero attached hydrogens (tertiary/aromatic N) is 3. The largest absolute Gasteiger partial charge is 0.328 e. The van der Waals surface area contributed by atoms with Gasteiger partial charge in [-0.3, -0.25) is 9.69 Å². The monoisotopic (exact) mass is 373 g/mol. The van der Waals surface area contributed by atoms with Gasteiger partial charge < -0.3 is 4.57 Å². The number of benzene rings is 1. The molecule has 0 N–H and O–H groups in total. The maximum Gasteiger partial charge on any atom is 0.200 e. The summed E-state index contributed by atoms with van der Waals surface area (Å²) in [7, 11) is 2.00. The Hall–Kier alpha value is -2.88. The molecular weight excluding hydrogens is 346 g/mol. The second kappa shape index (κ2) is 6.93. The van der Waals surface area contributed by atoms with Gasteiger partial charge in [0.2, 0.25) is 5.43 Å². The topological polar surface area (TPSA) is 37.6 Å². The van der Waals surface area contributed by atoms with Gasteiger partial charge in [-0.1, -0.05) is 31.7 Å². The Morgan fingerprint density at radius 3 is 2.46 bits per heavy atom. The number of amidine groups is 1. The highest BCUT2D eigenvalue weighted by atomic mass is 16.1. The van der Waals surface area contributed by atoms with E-state index in [0.717, 1.165) is 59.3 Å². The van der Waals surface area contributed by atoms with Crippen LogP contribution >= 0.6 is 0 Å². The van der Waals surface area contributed by atoms with Crippen molar-refractivity contribution in [3.63, 3.8) is 0 Å². The lowest BCUT2D eigenvalue weighted by atomic mass is 10.0. The summed E-state index contributed by atoms with van der Waals surface area (Å²) in [4.78, 5) is 20.4. The number of fused-ring (bicyclic) bond motifs is 2. The molecule has 2 heterocycles. The SMILES string of the molecule is C=C1c2c(n(C)c3c(c2=O)=CCCC=3)N=C(CCC)N1c1cc(C)cc(C)c1. The summed E-state index contributed by atoms with van der Waals surface area (Å²) in [5.41, 5.74) is 4.78. The Bertz CT molecular complexity index is 1180. The maximum absolute atomic E-state index is 13.4. The fourth-order valence-corrected chi connectivity index (χ4v) is 4.31. The van der Waals surface area contributed by atoms with Gasteiger partial charge in [0.15, 0.2) is 0 Å². The zero-order chi connectivity index (χ0) is 20.0. The number of aromatic nitrogens is 1. The van der Waals surface area contributed by atoms with Crippen LogP contribution in [0.4, 0.5) is 11.5 Å². The van der Waals surface area contributed by atoms with Crippen LogP contribution in [0.2, 0.25) is 0 Å². The van der Waals surface area contributed by atoms with Gasteiger partial charge in [0, 0.05) is 29.7 Å². The van der Waals surface area contributed by atoms with Gasteiger partial charge in [0.1, 0.15) is 11.7 Å². The van der Waals surface area contributed by atoms with Crippen LogP contribution in [0.25, 0.3) is 17.8 Å². The van der Waals surface area contributed by atoms with E-state index in [4.69, 9.17) is 4.99 Å². The molecule has 0 radical (unpaired) electrons. The summed E-state index contributed by atoms with van der Waals surface area (Å²) in [6.07, 6.45) is 7.86. The molecule has 1 aliphatic carbocycles. The first-order chi connectivity index (χ1) is 13.4. The predicted octanol–water partition coefficient (Wildman–Crippen LogP) is 3.68. The number of rotatable bonds is 3. The van der Waals surface area contributed by atoms with Crippen molar-refractivity contribution in [1.82, 2.24) is 4.57 Å². The maximum atomic E-state index is 13.4. The van der Waals surface area contributed by atoms with Gasteiger partial charge in [0.25, 0.3) is 0 Å². The van der Waals surface area contributed by atoms with Crippen LogP contribution < -0.4 is 20.9 Å². The Morgan fingerprint density at radius 2 is 1.79 bits per heavy atom. The lowest BCUT2D eigenvalue weighted by molar-refractivity contribution is 0.828. The molecule has 0 amide bonds. The van der Waals surface area contributed by atoms with Crippen molar-refractivity contribution in [1.29, 1.82) is 0 Å². The molecule has 2 aliphatic rings. The standard InChI is InChI=1S/C24H27N3O/c1-6-9-21-25-24-22(23(28)19-10-7-8-11-20(19)26(24)5)17(4)27(21)18-13-15(2)12-16(3)14-18/h10-14H,4,6-9H2,1-3,5H3. The average Bonchev–Trinajstić information content (AvgIpc) is 2.65. The third-order valence-corrected chi connectivity index (χ3v) is 5.49. The molecule has 0 fully saturated rings. The molecule has 4 heteroatoms. The molecule has 4 rings (SSSR count). The first kappa shape index (κ1) is 18.5. The molecule has 2 aromatic rings. The summed E-state index contributed by atoms with van der Waals surface area (Å²) in [6.45, 7) is 10.7. The van der Waals surface area contributed by atoms with Gasteiger partial charge in [-0.05, 0) is 56.4 Å². The van der Waals surface area contributed by atoms with E-state index < -0.39 is 0 Å². The van der Waals surface area contributed by atoms with Gasteiger partial charge >= 0.3 is 0 Å². The third kappa shape index (κ3) is 2.84. The van der Waals surface area contributed by atoms with Crippen LogP contribution in [0.3, 0.4) is 0 Å². The zero-order valence-corrected chi connectivity index (χ0v) is 17.2. The van der Waals surface area contributed by atoms with Crippen molar-refractivity contribution in [2.45, 2.75) is 46.5 Å². The molecule has 1 aliphatic heterocycles. The minimum Gasteiger partial charge on any atom is -0.328 e. The molecule has 0 bridgehead atoms. The molecule has 0 saturated heterocycles. The first-order valence-electron chi connectivity index (χ1n) is 10.0. The highest BCUT2D eigenvalue weighted by Gasteiger charge is 2.29. The quantitative estimate of drug-likeness (QED) is 0.823. The van der Waals surface area contributed by atoms with Crippen LogP contribution in [0.5, 0.6) is 0 Å². The first-order valence-corrected chi connectivity index (χ1v) is 10.0. The Balaban J connectivity index is 2.03. The van der Waals surface area contributed by atoms with E-state index in [0.29, 0.717) is 5.56 Å². The normalized spacial score (nSPS) is 15.4. The molecular formula is C24H27N3O. The molecule has 4 nitrogen and oxygen atoms in total. The molecule has 0 spiro atoms.